The maximum Gasteiger partial charge on any atom is 0.673 e. The Morgan fingerprint density at radius 3 is 1.56 bits per heavy atom. The van der Waals surface area contributed by atoms with Crippen LogP contribution in [0.5, 0.6) is 0 Å². The van der Waals surface area contributed by atoms with Crippen LogP contribution in [0.25, 0.3) is 0 Å². The summed E-state index contributed by atoms with van der Waals surface area (Å²) < 4.78 is 40.1. The molecule has 0 unspecified atom stereocenters. The third-order valence-electron chi connectivity index (χ3n) is 4.91. The molecule has 0 aromatic rings. The highest BCUT2D eigenvalue weighted by atomic mass is 19.5. The maximum absolute atomic E-state index is 11.3. The summed E-state index contributed by atoms with van der Waals surface area (Å²) in [5.41, 5.74) is 0. The Bertz CT molecular complexity index is 334. The molecule has 1 heterocycles. The molecule has 0 aliphatic carbocycles. The molecule has 0 spiro atoms. The fraction of sp³-hybridized carbons (Fsp3) is 0.944. The van der Waals surface area contributed by atoms with E-state index in [0.717, 1.165) is 30.4 Å². The number of carbonyl (C=O) groups is 1. The van der Waals surface area contributed by atoms with E-state index < -0.39 is 7.25 Å². The number of unbranched alkanes of at least 4 members (excludes halogenated alkanes) is 9. The highest BCUT2D eigenvalue weighted by molar-refractivity contribution is 6.50. The molecule has 1 aliphatic heterocycles. The Labute approximate surface area is 151 Å². The molecule has 0 saturated carbocycles. The van der Waals surface area contributed by atoms with E-state index in [9.17, 15) is 22.1 Å². The second kappa shape index (κ2) is 13.6. The molecular weight excluding hydrogens is 333 g/mol. The van der Waals surface area contributed by atoms with Gasteiger partial charge in [-0.3, -0.25) is 4.79 Å². The van der Waals surface area contributed by atoms with Crippen molar-refractivity contribution in [3.05, 3.63) is 0 Å². The van der Waals surface area contributed by atoms with Crippen LogP contribution in [0.3, 0.4) is 0 Å². The standard InChI is InChI=1S/C18H36NO.BF4/c1-3-4-5-6-7-8-9-10-11-12-15-19(2)16-13-18(20)14-17-19;2-1(3,4)5/h3-17H2,1-2H3;/q+1;-1. The summed E-state index contributed by atoms with van der Waals surface area (Å²) in [6.45, 7) is 5.72. The van der Waals surface area contributed by atoms with Crippen LogP contribution in [-0.4, -0.2) is 44.2 Å². The van der Waals surface area contributed by atoms with Crippen LogP contribution in [-0.2, 0) is 4.79 Å². The van der Waals surface area contributed by atoms with Gasteiger partial charge in [0.25, 0.3) is 0 Å². The van der Waals surface area contributed by atoms with E-state index in [1.165, 1.54) is 70.8 Å². The molecule has 150 valence electrons. The normalized spacial score (nSPS) is 17.1. The molecule has 25 heavy (non-hydrogen) atoms. The van der Waals surface area contributed by atoms with Crippen molar-refractivity contribution in [2.75, 3.05) is 26.7 Å². The number of piperidine rings is 1. The summed E-state index contributed by atoms with van der Waals surface area (Å²) >= 11 is 0. The van der Waals surface area contributed by atoms with Gasteiger partial charge < -0.3 is 21.7 Å². The molecule has 7 heteroatoms. The van der Waals surface area contributed by atoms with E-state index in [-0.39, 0.29) is 0 Å². The third-order valence-corrected chi connectivity index (χ3v) is 4.91. The number of carbonyl (C=O) groups excluding carboxylic acids is 1. The minimum absolute atomic E-state index is 0.476. The molecule has 2 nitrogen and oxygen atoms in total. The van der Waals surface area contributed by atoms with Crippen LogP contribution in [0.2, 0.25) is 0 Å². The Kier molecular flexibility index (Phi) is 13.3. The molecule has 0 radical (unpaired) electrons. The van der Waals surface area contributed by atoms with Gasteiger partial charge >= 0.3 is 7.25 Å². The first kappa shape index (κ1) is 24.4. The summed E-state index contributed by atoms with van der Waals surface area (Å²) in [5, 5.41) is 0. The average Bonchev–Trinajstić information content (AvgIpc) is 2.51. The van der Waals surface area contributed by atoms with Crippen LogP contribution >= 0.6 is 0 Å². The number of halogens is 4. The minimum Gasteiger partial charge on any atom is -0.418 e. The van der Waals surface area contributed by atoms with Crippen LogP contribution in [0.15, 0.2) is 0 Å². The number of hydrogen-bond acceptors (Lipinski definition) is 1. The molecule has 1 rings (SSSR count). The molecule has 1 saturated heterocycles. The summed E-state index contributed by atoms with van der Waals surface area (Å²) in [6.07, 6.45) is 15.7. The summed E-state index contributed by atoms with van der Waals surface area (Å²) in [6, 6.07) is 0. The molecule has 0 amide bonds. The van der Waals surface area contributed by atoms with Crippen molar-refractivity contribution in [2.24, 2.45) is 0 Å². The van der Waals surface area contributed by atoms with Crippen LogP contribution < -0.4 is 0 Å². The maximum atomic E-state index is 11.3. The van der Waals surface area contributed by atoms with Crippen LogP contribution in [0, 0.1) is 0 Å². The molecule has 1 fully saturated rings. The van der Waals surface area contributed by atoms with Gasteiger partial charge in [-0.05, 0) is 12.8 Å². The van der Waals surface area contributed by atoms with Crippen molar-refractivity contribution in [1.82, 2.24) is 0 Å². The van der Waals surface area contributed by atoms with E-state index in [2.05, 4.69) is 14.0 Å². The van der Waals surface area contributed by atoms with Crippen molar-refractivity contribution >= 4 is 13.0 Å². The lowest BCUT2D eigenvalue weighted by Crippen LogP contribution is -2.50. The number of ketones is 1. The van der Waals surface area contributed by atoms with Crippen LogP contribution in [0.4, 0.5) is 17.3 Å². The molecule has 0 N–H and O–H groups in total. The van der Waals surface area contributed by atoms with Gasteiger partial charge in [0.15, 0.2) is 0 Å². The summed E-state index contributed by atoms with van der Waals surface area (Å²) in [5.74, 6) is 0.476. The van der Waals surface area contributed by atoms with Gasteiger partial charge in [0.1, 0.15) is 5.78 Å². The minimum atomic E-state index is -6.00. The molecule has 0 aromatic heterocycles. The van der Waals surface area contributed by atoms with Gasteiger partial charge in [0.05, 0.1) is 39.5 Å². The highest BCUT2D eigenvalue weighted by Crippen LogP contribution is 2.16. The highest BCUT2D eigenvalue weighted by Gasteiger charge is 2.27. The first-order valence-corrected chi connectivity index (χ1v) is 9.89. The first-order chi connectivity index (χ1) is 11.7. The average molecular weight is 369 g/mol. The number of rotatable bonds is 11. The predicted molar refractivity (Wildman–Crippen MR) is 97.1 cm³/mol. The molecule has 0 atom stereocenters. The number of quaternary nitrogens is 1. The Morgan fingerprint density at radius 1 is 0.800 bits per heavy atom. The van der Waals surface area contributed by atoms with Gasteiger partial charge in [-0.2, -0.15) is 0 Å². The van der Waals surface area contributed by atoms with Crippen molar-refractivity contribution in [2.45, 2.75) is 84.0 Å². The van der Waals surface area contributed by atoms with Crippen molar-refractivity contribution in [1.29, 1.82) is 0 Å². The van der Waals surface area contributed by atoms with E-state index in [1.807, 2.05) is 0 Å². The zero-order chi connectivity index (χ0) is 19.2. The quantitative estimate of drug-likeness (QED) is 0.188. The van der Waals surface area contributed by atoms with Crippen molar-refractivity contribution in [3.8, 4) is 0 Å². The second-order valence-electron chi connectivity index (χ2n) is 7.51. The molecule has 1 aliphatic rings. The summed E-state index contributed by atoms with van der Waals surface area (Å²) in [7, 11) is -3.67. The van der Waals surface area contributed by atoms with Gasteiger partial charge in [-0.15, -0.1) is 0 Å². The molecule has 0 aromatic carbocycles. The van der Waals surface area contributed by atoms with E-state index >= 15 is 0 Å². The number of nitrogens with zero attached hydrogens (tertiary/aromatic N) is 1. The van der Waals surface area contributed by atoms with E-state index in [1.54, 1.807) is 0 Å². The smallest absolute Gasteiger partial charge is 0.418 e. The van der Waals surface area contributed by atoms with Crippen molar-refractivity contribution < 1.29 is 26.5 Å². The Hall–Kier alpha value is -0.585. The number of Topliss-reactive ketones (excluding diaryl/α,β-unsaturated/α-hetero) is 1. The fourth-order valence-corrected chi connectivity index (χ4v) is 3.23. The van der Waals surface area contributed by atoms with Gasteiger partial charge in [-0.25, -0.2) is 0 Å². The van der Waals surface area contributed by atoms with E-state index in [4.69, 9.17) is 0 Å². The van der Waals surface area contributed by atoms with Crippen molar-refractivity contribution in [3.63, 3.8) is 0 Å². The lowest BCUT2D eigenvalue weighted by molar-refractivity contribution is -0.911. The number of likely N-dealkylation sites (tertiary alicyclic amines) is 1. The zero-order valence-corrected chi connectivity index (χ0v) is 16.1. The zero-order valence-electron chi connectivity index (χ0n) is 16.1. The SMILES string of the molecule is CCCCCCCCCCCC[N+]1(C)CCC(=O)CC1.F[B-](F)(F)F. The topological polar surface area (TPSA) is 17.1 Å². The van der Waals surface area contributed by atoms with E-state index in [0.29, 0.717) is 5.78 Å². The third kappa shape index (κ3) is 18.0. The summed E-state index contributed by atoms with van der Waals surface area (Å²) in [4.78, 5) is 11.3. The lowest BCUT2D eigenvalue weighted by Gasteiger charge is -2.37. The lowest BCUT2D eigenvalue weighted by atomic mass is 10.0. The van der Waals surface area contributed by atoms with Gasteiger partial charge in [-0.1, -0.05) is 58.3 Å². The van der Waals surface area contributed by atoms with Crippen LogP contribution in [0.1, 0.15) is 84.0 Å². The Balaban J connectivity index is 0.00000101. The Morgan fingerprint density at radius 2 is 1.16 bits per heavy atom. The number of hydrogen-bond donors (Lipinski definition) is 0. The van der Waals surface area contributed by atoms with Gasteiger partial charge in [0.2, 0.25) is 0 Å². The monoisotopic (exact) mass is 369 g/mol. The van der Waals surface area contributed by atoms with Gasteiger partial charge in [0, 0.05) is 0 Å². The fourth-order valence-electron chi connectivity index (χ4n) is 3.23. The second-order valence-corrected chi connectivity index (χ2v) is 7.51. The molecular formula is C18H36BF4NO. The molecule has 0 bridgehead atoms. The predicted octanol–water partition coefficient (Wildman–Crippen LogP) is 6.02. The largest absolute Gasteiger partial charge is 0.673 e. The first-order valence-electron chi connectivity index (χ1n) is 9.89.